The highest BCUT2D eigenvalue weighted by Crippen LogP contribution is 2.42. The fourth-order valence-electron chi connectivity index (χ4n) is 7.52. The van der Waals surface area contributed by atoms with Crippen molar-refractivity contribution in [2.75, 3.05) is 0 Å². The molecule has 3 nitrogen and oxygen atoms in total. The molecule has 238 valence electrons. The van der Waals surface area contributed by atoms with Crippen molar-refractivity contribution in [3.05, 3.63) is 158 Å². The second kappa shape index (κ2) is 11.2. The predicted octanol–water partition coefficient (Wildman–Crippen LogP) is 13.8. The van der Waals surface area contributed by atoms with Crippen LogP contribution < -0.4 is 0 Å². The number of hydrogen-bond donors (Lipinski definition) is 0. The highest BCUT2D eigenvalue weighted by Gasteiger charge is 2.16. The number of fused-ring (bicyclic) bond motifs is 9. The third-order valence-corrected chi connectivity index (χ3v) is 12.4. The zero-order chi connectivity index (χ0) is 33.5. The fraction of sp³-hybridized carbons (Fsp3) is 0. The summed E-state index contributed by atoms with van der Waals surface area (Å²) in [7, 11) is 0. The first-order valence-corrected chi connectivity index (χ1v) is 18.6. The minimum atomic E-state index is 0.543. The van der Waals surface area contributed by atoms with Gasteiger partial charge in [0.15, 0.2) is 0 Å². The van der Waals surface area contributed by atoms with Crippen molar-refractivity contribution in [2.45, 2.75) is 0 Å². The molecule has 5 heteroatoms. The lowest BCUT2D eigenvalue weighted by atomic mass is 9.97. The Kier molecular flexibility index (Phi) is 6.29. The van der Waals surface area contributed by atoms with Crippen LogP contribution in [0.15, 0.2) is 162 Å². The number of nitrogens with zero attached hydrogens (tertiary/aromatic N) is 2. The Hall–Kier alpha value is -6.14. The van der Waals surface area contributed by atoms with E-state index in [4.69, 9.17) is 14.4 Å². The van der Waals surface area contributed by atoms with Crippen molar-refractivity contribution in [1.29, 1.82) is 0 Å². The Bertz CT molecular complexity index is 3170. The molecule has 0 aliphatic rings. The average Bonchev–Trinajstić information content (AvgIpc) is 3.88. The van der Waals surface area contributed by atoms with Crippen molar-refractivity contribution < 1.29 is 4.42 Å². The molecule has 0 bridgehead atoms. The predicted molar refractivity (Wildman–Crippen MR) is 217 cm³/mol. The fourth-order valence-corrected chi connectivity index (χ4v) is 9.99. The van der Waals surface area contributed by atoms with Crippen molar-refractivity contribution in [3.63, 3.8) is 0 Å². The molecule has 0 aliphatic carbocycles. The van der Waals surface area contributed by atoms with Crippen LogP contribution in [-0.4, -0.2) is 9.97 Å². The number of thiophene rings is 2. The van der Waals surface area contributed by atoms with Gasteiger partial charge in [0.25, 0.3) is 0 Å². The molecular weight excluding hydrogens is 661 g/mol. The van der Waals surface area contributed by atoms with Gasteiger partial charge in [-0.2, -0.15) is 0 Å². The van der Waals surface area contributed by atoms with Gasteiger partial charge < -0.3 is 4.42 Å². The van der Waals surface area contributed by atoms with Gasteiger partial charge in [0.05, 0.1) is 11.9 Å². The maximum Gasteiger partial charge on any atom is 0.246 e. The van der Waals surface area contributed by atoms with Crippen molar-refractivity contribution in [3.8, 4) is 44.6 Å². The quantitative estimate of drug-likeness (QED) is 0.185. The van der Waals surface area contributed by atoms with E-state index in [1.165, 1.54) is 57.0 Å². The first-order valence-electron chi connectivity index (χ1n) is 17.0. The summed E-state index contributed by atoms with van der Waals surface area (Å²) in [6.45, 7) is 0. The van der Waals surface area contributed by atoms with Crippen LogP contribution >= 0.6 is 22.7 Å². The highest BCUT2D eigenvalue weighted by molar-refractivity contribution is 7.26. The van der Waals surface area contributed by atoms with Gasteiger partial charge in [-0.1, -0.05) is 115 Å². The normalized spacial score (nSPS) is 11.9. The summed E-state index contributed by atoms with van der Waals surface area (Å²) in [6.07, 6.45) is 1.87. The second-order valence-electron chi connectivity index (χ2n) is 12.9. The zero-order valence-corrected chi connectivity index (χ0v) is 28.8. The minimum absolute atomic E-state index is 0.543. The molecule has 0 unspecified atom stereocenters. The number of benzene rings is 7. The molecule has 0 atom stereocenters. The molecule has 4 aromatic heterocycles. The van der Waals surface area contributed by atoms with E-state index in [0.717, 1.165) is 44.4 Å². The van der Waals surface area contributed by atoms with Gasteiger partial charge in [0.2, 0.25) is 5.71 Å². The van der Waals surface area contributed by atoms with E-state index in [1.807, 2.05) is 34.9 Å². The zero-order valence-electron chi connectivity index (χ0n) is 27.1. The Morgan fingerprint density at radius 1 is 0.431 bits per heavy atom. The first kappa shape index (κ1) is 28.7. The van der Waals surface area contributed by atoms with Crippen LogP contribution in [0.2, 0.25) is 0 Å². The minimum Gasteiger partial charge on any atom is -0.436 e. The van der Waals surface area contributed by atoms with E-state index in [-0.39, 0.29) is 0 Å². The molecule has 11 aromatic rings. The third kappa shape index (κ3) is 4.56. The summed E-state index contributed by atoms with van der Waals surface area (Å²) >= 11 is 3.71. The smallest absolute Gasteiger partial charge is 0.246 e. The second-order valence-corrected chi connectivity index (χ2v) is 15.0. The van der Waals surface area contributed by atoms with Crippen LogP contribution in [0.3, 0.4) is 0 Å². The van der Waals surface area contributed by atoms with Crippen LogP contribution in [-0.2, 0) is 0 Å². The molecule has 51 heavy (non-hydrogen) atoms. The monoisotopic (exact) mass is 686 g/mol. The molecule has 11 rings (SSSR count). The molecule has 0 radical (unpaired) electrons. The molecule has 0 aliphatic heterocycles. The van der Waals surface area contributed by atoms with Gasteiger partial charge in [-0.25, -0.2) is 9.97 Å². The van der Waals surface area contributed by atoms with E-state index in [9.17, 15) is 0 Å². The number of rotatable bonds is 4. The molecule has 7 aromatic carbocycles. The molecular formula is C46H26N2OS2. The first-order chi connectivity index (χ1) is 25.2. The average molecular weight is 687 g/mol. The van der Waals surface area contributed by atoms with E-state index < -0.39 is 0 Å². The molecule has 0 spiro atoms. The number of hydrogen-bond acceptors (Lipinski definition) is 5. The van der Waals surface area contributed by atoms with Gasteiger partial charge in [-0.15, -0.1) is 22.7 Å². The lowest BCUT2D eigenvalue weighted by molar-refractivity contribution is 0.653. The summed E-state index contributed by atoms with van der Waals surface area (Å²) in [5.74, 6) is 0. The van der Waals surface area contributed by atoms with Gasteiger partial charge in [-0.05, 0) is 69.8 Å². The Morgan fingerprint density at radius 2 is 0.980 bits per heavy atom. The van der Waals surface area contributed by atoms with E-state index >= 15 is 0 Å². The molecule has 0 saturated heterocycles. The van der Waals surface area contributed by atoms with E-state index in [2.05, 4.69) is 146 Å². The summed E-state index contributed by atoms with van der Waals surface area (Å²) in [4.78, 5) is 9.92. The third-order valence-electron chi connectivity index (χ3n) is 9.97. The van der Waals surface area contributed by atoms with Crippen LogP contribution in [0.5, 0.6) is 0 Å². The molecule has 0 amide bonds. The number of aromatic nitrogens is 2. The van der Waals surface area contributed by atoms with E-state index in [0.29, 0.717) is 5.71 Å². The largest absolute Gasteiger partial charge is 0.436 e. The van der Waals surface area contributed by atoms with Crippen molar-refractivity contribution in [2.24, 2.45) is 0 Å². The number of furan rings is 1. The van der Waals surface area contributed by atoms with Crippen LogP contribution in [0.4, 0.5) is 0 Å². The standard InChI is InChI=1S/C46H26N2OS2/c1-3-19-41-34(13-1)36-17-7-15-32(44(36)50-41)29-10-5-9-27(23-29)28-21-22-40-38(25-28)43-46(49-40)48-39(26-47-43)31-12-6-11-30(24-31)33-16-8-18-37-35-14-2-4-20-42(35)51-45(33)37/h1-26H. The van der Waals surface area contributed by atoms with Crippen LogP contribution in [0.1, 0.15) is 0 Å². The Labute approximate surface area is 300 Å². The van der Waals surface area contributed by atoms with Gasteiger partial charge in [0.1, 0.15) is 11.1 Å². The van der Waals surface area contributed by atoms with Gasteiger partial charge in [0, 0.05) is 51.3 Å². The molecule has 0 fully saturated rings. The Balaban J connectivity index is 0.964. The molecule has 4 heterocycles. The van der Waals surface area contributed by atoms with Crippen LogP contribution in [0.25, 0.3) is 107 Å². The van der Waals surface area contributed by atoms with Gasteiger partial charge >= 0.3 is 0 Å². The van der Waals surface area contributed by atoms with Gasteiger partial charge in [-0.3, -0.25) is 0 Å². The van der Waals surface area contributed by atoms with Crippen molar-refractivity contribution >= 4 is 85.2 Å². The molecule has 0 N–H and O–H groups in total. The summed E-state index contributed by atoms with van der Waals surface area (Å²) in [5.41, 5.74) is 11.0. The maximum atomic E-state index is 6.31. The van der Waals surface area contributed by atoms with E-state index in [1.54, 1.807) is 0 Å². The maximum absolute atomic E-state index is 6.31. The SMILES string of the molecule is c1cc(-c2ccc3oc4nc(-c5cccc(-c6cccc7c6sc6ccccc67)c5)cnc4c3c2)cc(-c2cccc3c2sc2ccccc23)c1. The summed E-state index contributed by atoms with van der Waals surface area (Å²) in [6, 6.07) is 54.3. The Morgan fingerprint density at radius 3 is 1.67 bits per heavy atom. The lowest BCUT2D eigenvalue weighted by Crippen LogP contribution is -1.88. The lowest BCUT2D eigenvalue weighted by Gasteiger charge is -2.08. The highest BCUT2D eigenvalue weighted by atomic mass is 32.1. The topological polar surface area (TPSA) is 38.9 Å². The van der Waals surface area contributed by atoms with Crippen LogP contribution in [0, 0.1) is 0 Å². The summed E-state index contributed by atoms with van der Waals surface area (Å²) < 4.78 is 11.5. The summed E-state index contributed by atoms with van der Waals surface area (Å²) in [5, 5.41) is 6.18. The molecule has 0 saturated carbocycles. The van der Waals surface area contributed by atoms with Crippen molar-refractivity contribution in [1.82, 2.24) is 9.97 Å².